The zero-order valence-corrected chi connectivity index (χ0v) is 14.7. The molecular formula is C20H25N3O. The first-order valence-electron chi connectivity index (χ1n) is 8.72. The summed E-state index contributed by atoms with van der Waals surface area (Å²) in [6.07, 6.45) is 4.06. The van der Waals surface area contributed by atoms with E-state index in [4.69, 9.17) is 0 Å². The van der Waals surface area contributed by atoms with Crippen molar-refractivity contribution in [1.29, 1.82) is 0 Å². The predicted molar refractivity (Wildman–Crippen MR) is 95.7 cm³/mol. The van der Waals surface area contributed by atoms with Crippen LogP contribution in [-0.4, -0.2) is 33.6 Å². The third-order valence-electron chi connectivity index (χ3n) is 5.12. The fourth-order valence-corrected chi connectivity index (χ4v) is 3.53. The number of carbonyl (C=O) groups is 1. The Bertz CT molecular complexity index is 724. The molecule has 2 aromatic rings. The van der Waals surface area contributed by atoms with Gasteiger partial charge in [-0.25, -0.2) is 0 Å². The van der Waals surface area contributed by atoms with Gasteiger partial charge in [0.1, 0.15) is 0 Å². The molecule has 1 saturated heterocycles. The van der Waals surface area contributed by atoms with Crippen LogP contribution in [0.5, 0.6) is 0 Å². The highest BCUT2D eigenvalue weighted by Gasteiger charge is 2.26. The Kier molecular flexibility index (Phi) is 4.93. The fourth-order valence-electron chi connectivity index (χ4n) is 3.53. The summed E-state index contributed by atoms with van der Waals surface area (Å²) in [6.45, 7) is 6.80. The molecule has 1 atom stereocenters. The lowest BCUT2D eigenvalue weighted by atomic mass is 10.0. The van der Waals surface area contributed by atoms with E-state index in [2.05, 4.69) is 54.4 Å². The number of carbonyl (C=O) groups excluding carboxylic acids is 1. The number of aromatic nitrogens is 2. The van der Waals surface area contributed by atoms with Crippen LogP contribution in [-0.2, 0) is 11.2 Å². The second-order valence-electron chi connectivity index (χ2n) is 6.70. The van der Waals surface area contributed by atoms with Gasteiger partial charge in [0.25, 0.3) is 0 Å². The Morgan fingerprint density at radius 1 is 1.21 bits per heavy atom. The van der Waals surface area contributed by atoms with Crippen LogP contribution >= 0.6 is 0 Å². The molecule has 3 rings (SSSR count). The molecule has 4 nitrogen and oxygen atoms in total. The largest absolute Gasteiger partial charge is 0.340 e. The lowest BCUT2D eigenvalue weighted by molar-refractivity contribution is -0.129. The summed E-state index contributed by atoms with van der Waals surface area (Å²) < 4.78 is 0. The Labute approximate surface area is 143 Å². The van der Waals surface area contributed by atoms with Crippen molar-refractivity contribution >= 4 is 5.91 Å². The third-order valence-corrected chi connectivity index (χ3v) is 5.12. The molecule has 0 spiro atoms. The van der Waals surface area contributed by atoms with Crippen molar-refractivity contribution in [2.45, 2.75) is 52.5 Å². The molecule has 1 amide bonds. The molecule has 2 heterocycles. The van der Waals surface area contributed by atoms with Crippen LogP contribution in [0.1, 0.15) is 43.0 Å². The van der Waals surface area contributed by atoms with E-state index < -0.39 is 0 Å². The van der Waals surface area contributed by atoms with Crippen LogP contribution in [0.25, 0.3) is 11.3 Å². The quantitative estimate of drug-likeness (QED) is 0.862. The van der Waals surface area contributed by atoms with Crippen molar-refractivity contribution in [3.63, 3.8) is 0 Å². The van der Waals surface area contributed by atoms with Gasteiger partial charge in [0.2, 0.25) is 5.91 Å². The Hall–Kier alpha value is -2.23. The standard InChI is InChI=1S/C20H25N3O/c1-14-6-4-8-19(15(14)2)20-12-10-17(21-22-20)9-11-18-7-5-13-23(18)16(3)24/h4,6,8,10,12,18H,5,7,9,11,13H2,1-3H3. The van der Waals surface area contributed by atoms with Crippen molar-refractivity contribution in [3.8, 4) is 11.3 Å². The SMILES string of the molecule is CC(=O)N1CCCC1CCc1ccc(-c2cccc(C)c2C)nn1. The zero-order valence-electron chi connectivity index (χ0n) is 14.7. The van der Waals surface area contributed by atoms with Crippen molar-refractivity contribution in [3.05, 3.63) is 47.2 Å². The maximum absolute atomic E-state index is 11.6. The van der Waals surface area contributed by atoms with Crippen LogP contribution in [0.2, 0.25) is 0 Å². The highest BCUT2D eigenvalue weighted by Crippen LogP contribution is 2.24. The summed E-state index contributed by atoms with van der Waals surface area (Å²) in [4.78, 5) is 13.6. The molecule has 4 heteroatoms. The zero-order chi connectivity index (χ0) is 17.1. The van der Waals surface area contributed by atoms with Crippen molar-refractivity contribution in [2.24, 2.45) is 0 Å². The van der Waals surface area contributed by atoms with Crippen LogP contribution in [0.3, 0.4) is 0 Å². The van der Waals surface area contributed by atoms with Gasteiger partial charge in [-0.1, -0.05) is 18.2 Å². The van der Waals surface area contributed by atoms with Gasteiger partial charge in [0, 0.05) is 25.1 Å². The summed E-state index contributed by atoms with van der Waals surface area (Å²) in [5.74, 6) is 0.189. The number of rotatable bonds is 4. The summed E-state index contributed by atoms with van der Waals surface area (Å²) in [6, 6.07) is 10.8. The first-order chi connectivity index (χ1) is 11.6. The molecule has 0 bridgehead atoms. The average molecular weight is 323 g/mol. The normalized spacial score (nSPS) is 17.3. The summed E-state index contributed by atoms with van der Waals surface area (Å²) in [5, 5.41) is 8.82. The minimum absolute atomic E-state index is 0.189. The van der Waals surface area contributed by atoms with E-state index in [0.29, 0.717) is 6.04 Å². The van der Waals surface area contributed by atoms with E-state index in [1.165, 1.54) is 11.1 Å². The number of nitrogens with zero attached hydrogens (tertiary/aromatic N) is 3. The molecule has 1 unspecified atom stereocenters. The van der Waals surface area contributed by atoms with Gasteiger partial charge in [-0.2, -0.15) is 10.2 Å². The lowest BCUT2D eigenvalue weighted by Gasteiger charge is -2.22. The monoisotopic (exact) mass is 323 g/mol. The molecule has 24 heavy (non-hydrogen) atoms. The van der Waals surface area contributed by atoms with Gasteiger partial charge in [-0.05, 0) is 62.8 Å². The van der Waals surface area contributed by atoms with E-state index in [1.807, 2.05) is 4.90 Å². The molecule has 1 aromatic carbocycles. The number of hydrogen-bond acceptors (Lipinski definition) is 3. The van der Waals surface area contributed by atoms with E-state index >= 15 is 0 Å². The van der Waals surface area contributed by atoms with Gasteiger partial charge < -0.3 is 4.90 Å². The predicted octanol–water partition coefficient (Wildman–Crippen LogP) is 3.70. The summed E-state index contributed by atoms with van der Waals surface area (Å²) >= 11 is 0. The van der Waals surface area contributed by atoms with Crippen LogP contribution in [0, 0.1) is 13.8 Å². The number of amides is 1. The maximum Gasteiger partial charge on any atom is 0.219 e. The lowest BCUT2D eigenvalue weighted by Crippen LogP contribution is -2.33. The minimum atomic E-state index is 0.189. The molecule has 0 N–H and O–H groups in total. The van der Waals surface area contributed by atoms with E-state index in [1.54, 1.807) is 6.92 Å². The Morgan fingerprint density at radius 2 is 2.04 bits per heavy atom. The molecule has 0 radical (unpaired) electrons. The first-order valence-corrected chi connectivity index (χ1v) is 8.72. The Morgan fingerprint density at radius 3 is 2.75 bits per heavy atom. The van der Waals surface area contributed by atoms with E-state index in [9.17, 15) is 4.79 Å². The van der Waals surface area contributed by atoms with E-state index in [0.717, 1.165) is 49.2 Å². The minimum Gasteiger partial charge on any atom is -0.340 e. The first kappa shape index (κ1) is 16.6. The second-order valence-corrected chi connectivity index (χ2v) is 6.70. The highest BCUT2D eigenvalue weighted by atomic mass is 16.2. The molecule has 1 aliphatic rings. The molecular weight excluding hydrogens is 298 g/mol. The summed E-state index contributed by atoms with van der Waals surface area (Å²) in [7, 11) is 0. The van der Waals surface area contributed by atoms with Gasteiger partial charge in [0.15, 0.2) is 0 Å². The summed E-state index contributed by atoms with van der Waals surface area (Å²) in [5.41, 5.74) is 5.59. The maximum atomic E-state index is 11.6. The third kappa shape index (κ3) is 3.48. The van der Waals surface area contributed by atoms with Gasteiger partial charge in [0.05, 0.1) is 11.4 Å². The topological polar surface area (TPSA) is 46.1 Å². The smallest absolute Gasteiger partial charge is 0.219 e. The van der Waals surface area contributed by atoms with Gasteiger partial charge >= 0.3 is 0 Å². The number of aryl methyl sites for hydroxylation is 2. The molecule has 126 valence electrons. The average Bonchev–Trinajstić information content (AvgIpc) is 3.05. The fraction of sp³-hybridized carbons (Fsp3) is 0.450. The van der Waals surface area contributed by atoms with Crippen LogP contribution in [0.15, 0.2) is 30.3 Å². The van der Waals surface area contributed by atoms with Crippen molar-refractivity contribution in [2.75, 3.05) is 6.54 Å². The van der Waals surface area contributed by atoms with Crippen molar-refractivity contribution < 1.29 is 4.79 Å². The van der Waals surface area contributed by atoms with Crippen LogP contribution in [0.4, 0.5) is 0 Å². The van der Waals surface area contributed by atoms with E-state index in [-0.39, 0.29) is 5.91 Å². The molecule has 0 aliphatic carbocycles. The molecule has 1 aromatic heterocycles. The highest BCUT2D eigenvalue weighted by molar-refractivity contribution is 5.73. The van der Waals surface area contributed by atoms with Gasteiger partial charge in [-0.15, -0.1) is 0 Å². The van der Waals surface area contributed by atoms with Crippen LogP contribution < -0.4 is 0 Å². The second kappa shape index (κ2) is 7.12. The number of benzene rings is 1. The van der Waals surface area contributed by atoms with Gasteiger partial charge in [-0.3, -0.25) is 4.79 Å². The molecule has 1 fully saturated rings. The number of hydrogen-bond donors (Lipinski definition) is 0. The molecule has 0 saturated carbocycles. The van der Waals surface area contributed by atoms with Crippen molar-refractivity contribution in [1.82, 2.24) is 15.1 Å². The molecule has 1 aliphatic heterocycles. The number of likely N-dealkylation sites (tertiary alicyclic amines) is 1. The Balaban J connectivity index is 1.67.